The Bertz CT molecular complexity index is 350. The minimum absolute atomic E-state index is 0.213. The molecule has 0 aliphatic heterocycles. The highest BCUT2D eigenvalue weighted by molar-refractivity contribution is 5.89. The van der Waals surface area contributed by atoms with Crippen LogP contribution in [0, 0.1) is 0 Å². The van der Waals surface area contributed by atoms with Crippen LogP contribution in [0.25, 0.3) is 0 Å². The van der Waals surface area contributed by atoms with Crippen LogP contribution < -0.4 is 4.74 Å². The van der Waals surface area contributed by atoms with E-state index in [4.69, 9.17) is 9.84 Å². The number of methoxy groups -OCH3 is 1. The third-order valence-corrected chi connectivity index (χ3v) is 1.72. The molecule has 0 heterocycles. The van der Waals surface area contributed by atoms with Crippen molar-refractivity contribution in [2.45, 2.75) is 6.43 Å². The first-order chi connectivity index (χ1) is 6.56. The van der Waals surface area contributed by atoms with E-state index in [9.17, 15) is 13.6 Å². The second-order valence-corrected chi connectivity index (χ2v) is 2.56. The molecule has 0 radical (unpaired) electrons. The molecule has 3 nitrogen and oxygen atoms in total. The first-order valence-corrected chi connectivity index (χ1v) is 3.75. The van der Waals surface area contributed by atoms with Gasteiger partial charge in [-0.15, -0.1) is 0 Å². The number of alkyl halides is 2. The highest BCUT2D eigenvalue weighted by Crippen LogP contribution is 2.26. The Kier molecular flexibility index (Phi) is 3.01. The van der Waals surface area contributed by atoms with Crippen molar-refractivity contribution < 1.29 is 23.4 Å². The maximum Gasteiger partial charge on any atom is 0.336 e. The number of carboxylic acids is 1. The molecule has 0 aliphatic carbocycles. The molecule has 1 rings (SSSR count). The van der Waals surface area contributed by atoms with Gasteiger partial charge in [0.2, 0.25) is 0 Å². The molecule has 1 aromatic carbocycles. The van der Waals surface area contributed by atoms with E-state index in [1.54, 1.807) is 0 Å². The third-order valence-electron chi connectivity index (χ3n) is 1.72. The summed E-state index contributed by atoms with van der Waals surface area (Å²) in [5.74, 6) is -1.16. The van der Waals surface area contributed by atoms with Crippen molar-refractivity contribution in [3.8, 4) is 5.75 Å². The molecule has 0 spiro atoms. The summed E-state index contributed by atoms with van der Waals surface area (Å²) in [6.45, 7) is 0. The maximum absolute atomic E-state index is 12.4. The van der Waals surface area contributed by atoms with Crippen LogP contribution in [-0.2, 0) is 0 Å². The van der Waals surface area contributed by atoms with Gasteiger partial charge in [-0.25, -0.2) is 13.6 Å². The molecule has 5 heteroatoms. The van der Waals surface area contributed by atoms with Crippen LogP contribution in [0.2, 0.25) is 0 Å². The highest BCUT2D eigenvalue weighted by Gasteiger charge is 2.18. The van der Waals surface area contributed by atoms with Gasteiger partial charge in [0.15, 0.2) is 0 Å². The lowest BCUT2D eigenvalue weighted by Gasteiger charge is -2.07. The SMILES string of the molecule is COc1ccc(C(=O)O)c(C(F)F)c1. The van der Waals surface area contributed by atoms with Crippen LogP contribution in [0.4, 0.5) is 8.78 Å². The number of rotatable bonds is 3. The predicted octanol–water partition coefficient (Wildman–Crippen LogP) is 2.33. The molecule has 76 valence electrons. The Morgan fingerprint density at radius 2 is 2.14 bits per heavy atom. The Morgan fingerprint density at radius 3 is 2.57 bits per heavy atom. The second-order valence-electron chi connectivity index (χ2n) is 2.56. The topological polar surface area (TPSA) is 46.5 Å². The van der Waals surface area contributed by atoms with Gasteiger partial charge < -0.3 is 9.84 Å². The van der Waals surface area contributed by atoms with Crippen LogP contribution in [0.1, 0.15) is 22.3 Å². The lowest BCUT2D eigenvalue weighted by Crippen LogP contribution is -2.03. The van der Waals surface area contributed by atoms with E-state index in [0.29, 0.717) is 0 Å². The van der Waals surface area contributed by atoms with E-state index in [1.165, 1.54) is 13.2 Å². The average Bonchev–Trinajstić information content (AvgIpc) is 2.16. The standard InChI is InChI=1S/C9H8F2O3/c1-14-5-2-3-6(9(12)13)7(4-5)8(10)11/h2-4,8H,1H3,(H,12,13). The predicted molar refractivity (Wildman–Crippen MR) is 44.9 cm³/mol. The summed E-state index contributed by atoms with van der Waals surface area (Å²) in [7, 11) is 1.32. The van der Waals surface area contributed by atoms with Gasteiger partial charge >= 0.3 is 5.97 Å². The molecule has 0 aliphatic rings. The molecule has 0 aromatic heterocycles. The molecule has 0 unspecified atom stereocenters. The van der Waals surface area contributed by atoms with Gasteiger partial charge in [-0.05, 0) is 18.2 Å². The summed E-state index contributed by atoms with van der Waals surface area (Å²) in [5, 5.41) is 8.60. The summed E-state index contributed by atoms with van der Waals surface area (Å²) < 4.78 is 29.5. The van der Waals surface area contributed by atoms with Gasteiger partial charge in [-0.3, -0.25) is 0 Å². The molecule has 0 atom stereocenters. The molecule has 1 N–H and O–H groups in total. The fraction of sp³-hybridized carbons (Fsp3) is 0.222. The molecular weight excluding hydrogens is 194 g/mol. The van der Waals surface area contributed by atoms with E-state index in [2.05, 4.69) is 0 Å². The van der Waals surface area contributed by atoms with Crippen molar-refractivity contribution in [1.29, 1.82) is 0 Å². The number of ether oxygens (including phenoxy) is 1. The second kappa shape index (κ2) is 4.04. The Balaban J connectivity index is 3.24. The number of halogens is 2. The summed E-state index contributed by atoms with van der Waals surface area (Å²) in [4.78, 5) is 10.6. The summed E-state index contributed by atoms with van der Waals surface area (Å²) in [6, 6.07) is 3.45. The third kappa shape index (κ3) is 1.99. The fourth-order valence-corrected chi connectivity index (χ4v) is 1.04. The quantitative estimate of drug-likeness (QED) is 0.818. The average molecular weight is 202 g/mol. The molecule has 0 saturated carbocycles. The number of hydrogen-bond acceptors (Lipinski definition) is 2. The maximum atomic E-state index is 12.4. The van der Waals surface area contributed by atoms with Crippen LogP contribution in [-0.4, -0.2) is 18.2 Å². The zero-order valence-electron chi connectivity index (χ0n) is 7.33. The van der Waals surface area contributed by atoms with Crippen molar-refractivity contribution in [2.24, 2.45) is 0 Å². The van der Waals surface area contributed by atoms with Crippen molar-refractivity contribution in [1.82, 2.24) is 0 Å². The first-order valence-electron chi connectivity index (χ1n) is 3.75. The summed E-state index contributed by atoms with van der Waals surface area (Å²) in [6.07, 6.45) is -2.82. The summed E-state index contributed by atoms with van der Waals surface area (Å²) >= 11 is 0. The number of aromatic carboxylic acids is 1. The zero-order chi connectivity index (χ0) is 10.7. The molecule has 14 heavy (non-hydrogen) atoms. The fourth-order valence-electron chi connectivity index (χ4n) is 1.04. The van der Waals surface area contributed by atoms with E-state index in [0.717, 1.165) is 12.1 Å². The zero-order valence-corrected chi connectivity index (χ0v) is 7.33. The van der Waals surface area contributed by atoms with Gasteiger partial charge in [0.05, 0.1) is 12.7 Å². The number of hydrogen-bond donors (Lipinski definition) is 1. The smallest absolute Gasteiger partial charge is 0.336 e. The molecule has 0 bridgehead atoms. The molecule has 0 saturated heterocycles. The van der Waals surface area contributed by atoms with Crippen LogP contribution in [0.3, 0.4) is 0 Å². The number of carbonyl (C=O) groups is 1. The minimum Gasteiger partial charge on any atom is -0.497 e. The van der Waals surface area contributed by atoms with E-state index < -0.39 is 23.5 Å². The van der Waals surface area contributed by atoms with Crippen molar-refractivity contribution in [3.63, 3.8) is 0 Å². The number of carboxylic acid groups (broad SMARTS) is 1. The van der Waals surface area contributed by atoms with Crippen LogP contribution in [0.5, 0.6) is 5.75 Å². The van der Waals surface area contributed by atoms with E-state index in [-0.39, 0.29) is 5.75 Å². The first kappa shape index (κ1) is 10.4. The minimum atomic E-state index is -2.82. The lowest BCUT2D eigenvalue weighted by atomic mass is 10.1. The van der Waals surface area contributed by atoms with Gasteiger partial charge in [-0.1, -0.05) is 0 Å². The molecule has 1 aromatic rings. The normalized spacial score (nSPS) is 10.3. The molecule has 0 fully saturated rings. The lowest BCUT2D eigenvalue weighted by molar-refractivity contribution is 0.0684. The van der Waals surface area contributed by atoms with Crippen molar-refractivity contribution in [3.05, 3.63) is 29.3 Å². The summed E-state index contributed by atoms with van der Waals surface area (Å²) in [5.41, 5.74) is -0.933. The van der Waals surface area contributed by atoms with Gasteiger partial charge in [0.25, 0.3) is 6.43 Å². The molecule has 0 amide bonds. The monoisotopic (exact) mass is 202 g/mol. The number of benzene rings is 1. The van der Waals surface area contributed by atoms with Gasteiger partial charge in [0, 0.05) is 5.56 Å². The van der Waals surface area contributed by atoms with E-state index in [1.807, 2.05) is 0 Å². The largest absolute Gasteiger partial charge is 0.497 e. The van der Waals surface area contributed by atoms with Crippen molar-refractivity contribution in [2.75, 3.05) is 7.11 Å². The Hall–Kier alpha value is -1.65. The molecular formula is C9H8F2O3. The van der Waals surface area contributed by atoms with Crippen molar-refractivity contribution >= 4 is 5.97 Å². The van der Waals surface area contributed by atoms with Crippen LogP contribution in [0.15, 0.2) is 18.2 Å². The van der Waals surface area contributed by atoms with Gasteiger partial charge in [0.1, 0.15) is 5.75 Å². The Morgan fingerprint density at radius 1 is 1.50 bits per heavy atom. The Labute approximate surface area is 78.9 Å². The van der Waals surface area contributed by atoms with Crippen LogP contribution >= 0.6 is 0 Å². The van der Waals surface area contributed by atoms with Gasteiger partial charge in [-0.2, -0.15) is 0 Å². The highest BCUT2D eigenvalue weighted by atomic mass is 19.3. The van der Waals surface area contributed by atoms with E-state index >= 15 is 0 Å².